The first-order chi connectivity index (χ1) is 9.65. The molecule has 2 aromatic rings. The number of alkyl halides is 1. The monoisotopic (exact) mass is 353 g/mol. The Morgan fingerprint density at radius 2 is 1.85 bits per heavy atom. The summed E-state index contributed by atoms with van der Waals surface area (Å²) in [6.07, 6.45) is 0. The number of nitrogens with zero attached hydrogens (tertiary/aromatic N) is 1. The Kier molecular flexibility index (Phi) is 5.32. The lowest BCUT2D eigenvalue weighted by molar-refractivity contribution is 0.414. The Balaban J connectivity index is 2.21. The lowest BCUT2D eigenvalue weighted by Gasteiger charge is -2.23. The second-order valence-corrected chi connectivity index (χ2v) is 5.55. The quantitative estimate of drug-likeness (QED) is 0.710. The van der Waals surface area contributed by atoms with Crippen LogP contribution in [0.3, 0.4) is 0 Å². The Morgan fingerprint density at radius 1 is 1.15 bits per heavy atom. The molecule has 0 aromatic heterocycles. The molecule has 2 rings (SSSR count). The van der Waals surface area contributed by atoms with Gasteiger partial charge in [-0.2, -0.15) is 0 Å². The normalized spacial score (nSPS) is 10.4. The van der Waals surface area contributed by atoms with Crippen LogP contribution in [0.25, 0.3) is 0 Å². The number of rotatable bonds is 5. The van der Waals surface area contributed by atoms with Gasteiger partial charge in [0.25, 0.3) is 0 Å². The van der Waals surface area contributed by atoms with E-state index >= 15 is 0 Å². The molecule has 0 radical (unpaired) electrons. The number of halogens is 2. The molecule has 0 N–H and O–H groups in total. The Hall–Kier alpha value is -1.19. The zero-order valence-electron chi connectivity index (χ0n) is 11.6. The van der Waals surface area contributed by atoms with Gasteiger partial charge in [0.1, 0.15) is 5.75 Å². The molecule has 0 amide bonds. The first kappa shape index (κ1) is 15.2. The maximum absolute atomic E-state index is 6.33. The van der Waals surface area contributed by atoms with Crippen LogP contribution in [0.1, 0.15) is 11.1 Å². The second-order valence-electron chi connectivity index (χ2n) is 4.59. The minimum absolute atomic E-state index is 0.776. The highest BCUT2D eigenvalue weighted by Gasteiger charge is 2.11. The second kappa shape index (κ2) is 7.00. The largest absolute Gasteiger partial charge is 0.497 e. The minimum Gasteiger partial charge on any atom is -0.497 e. The van der Waals surface area contributed by atoms with Crippen LogP contribution >= 0.6 is 27.5 Å². The van der Waals surface area contributed by atoms with Crippen LogP contribution in [0.2, 0.25) is 5.02 Å². The van der Waals surface area contributed by atoms with Gasteiger partial charge >= 0.3 is 0 Å². The zero-order chi connectivity index (χ0) is 14.5. The van der Waals surface area contributed by atoms with Crippen molar-refractivity contribution in [2.24, 2.45) is 0 Å². The van der Waals surface area contributed by atoms with Crippen molar-refractivity contribution < 1.29 is 4.74 Å². The molecule has 4 heteroatoms. The average molecular weight is 355 g/mol. The highest BCUT2D eigenvalue weighted by Crippen LogP contribution is 2.31. The summed E-state index contributed by atoms with van der Waals surface area (Å²) < 4.78 is 5.17. The summed E-state index contributed by atoms with van der Waals surface area (Å²) in [6, 6.07) is 14.1. The molecule has 0 aliphatic carbocycles. The van der Waals surface area contributed by atoms with Crippen LogP contribution in [-0.4, -0.2) is 14.2 Å². The van der Waals surface area contributed by atoms with E-state index < -0.39 is 0 Å². The van der Waals surface area contributed by atoms with Crippen molar-refractivity contribution in [2.45, 2.75) is 11.9 Å². The summed E-state index contributed by atoms with van der Waals surface area (Å²) >= 11 is 9.85. The first-order valence-corrected chi connectivity index (χ1v) is 7.83. The Bertz CT molecular complexity index is 571. The summed E-state index contributed by atoms with van der Waals surface area (Å²) in [5.41, 5.74) is 3.48. The maximum Gasteiger partial charge on any atom is 0.118 e. The van der Waals surface area contributed by atoms with Crippen molar-refractivity contribution in [1.82, 2.24) is 0 Å². The molecule has 2 aromatic carbocycles. The lowest BCUT2D eigenvalue weighted by Crippen LogP contribution is -2.18. The summed E-state index contributed by atoms with van der Waals surface area (Å²) in [4.78, 5) is 2.17. The molecule has 0 bridgehead atoms. The molecule has 20 heavy (non-hydrogen) atoms. The van der Waals surface area contributed by atoms with E-state index in [0.717, 1.165) is 28.3 Å². The molecule has 0 aliphatic heterocycles. The van der Waals surface area contributed by atoms with Gasteiger partial charge in [-0.25, -0.2) is 0 Å². The molecular weight excluding hydrogens is 338 g/mol. The summed E-state index contributed by atoms with van der Waals surface area (Å²) in [7, 11) is 3.73. The summed E-state index contributed by atoms with van der Waals surface area (Å²) in [6.45, 7) is 0.799. The standard InChI is InChI=1S/C16H17BrClNO/c1-19(11-12-6-8-14(20-2)9-7-12)16-13(10-17)4-3-5-15(16)18/h3-9H,10-11H2,1-2H3. The van der Waals surface area contributed by atoms with Crippen LogP contribution in [0.5, 0.6) is 5.75 Å². The smallest absolute Gasteiger partial charge is 0.118 e. The van der Waals surface area contributed by atoms with Crippen molar-refractivity contribution in [3.8, 4) is 5.75 Å². The van der Waals surface area contributed by atoms with E-state index in [9.17, 15) is 0 Å². The molecular formula is C16H17BrClNO. The lowest BCUT2D eigenvalue weighted by atomic mass is 10.1. The van der Waals surface area contributed by atoms with E-state index in [1.54, 1.807) is 7.11 Å². The number of para-hydroxylation sites is 1. The predicted octanol–water partition coefficient (Wildman–Crippen LogP) is 4.88. The van der Waals surface area contributed by atoms with Crippen molar-refractivity contribution in [1.29, 1.82) is 0 Å². The third kappa shape index (κ3) is 3.47. The van der Waals surface area contributed by atoms with Crippen molar-refractivity contribution in [3.05, 3.63) is 58.6 Å². The number of ether oxygens (including phenoxy) is 1. The number of methoxy groups -OCH3 is 1. The van der Waals surface area contributed by atoms with Gasteiger partial charge in [-0.1, -0.05) is 51.8 Å². The maximum atomic E-state index is 6.33. The van der Waals surface area contributed by atoms with E-state index in [2.05, 4.69) is 46.1 Å². The molecule has 0 heterocycles. The van der Waals surface area contributed by atoms with Gasteiger partial charge in [0, 0.05) is 18.9 Å². The van der Waals surface area contributed by atoms with Crippen molar-refractivity contribution >= 4 is 33.2 Å². The van der Waals surface area contributed by atoms with E-state index in [1.807, 2.05) is 24.3 Å². The minimum atomic E-state index is 0.776. The van der Waals surface area contributed by atoms with Crippen molar-refractivity contribution in [2.75, 3.05) is 19.1 Å². The molecule has 0 saturated carbocycles. The molecule has 106 valence electrons. The zero-order valence-corrected chi connectivity index (χ0v) is 13.9. The van der Waals surface area contributed by atoms with E-state index in [0.29, 0.717) is 0 Å². The van der Waals surface area contributed by atoms with E-state index in [-0.39, 0.29) is 0 Å². The van der Waals surface area contributed by atoms with Gasteiger partial charge in [0.2, 0.25) is 0 Å². The molecule has 0 atom stereocenters. The van der Waals surface area contributed by atoms with Gasteiger partial charge < -0.3 is 9.64 Å². The fourth-order valence-electron chi connectivity index (χ4n) is 2.18. The highest BCUT2D eigenvalue weighted by atomic mass is 79.9. The van der Waals surface area contributed by atoms with Crippen LogP contribution < -0.4 is 9.64 Å². The molecule has 0 spiro atoms. The van der Waals surface area contributed by atoms with Crippen LogP contribution in [0.4, 0.5) is 5.69 Å². The topological polar surface area (TPSA) is 12.5 Å². The number of hydrogen-bond acceptors (Lipinski definition) is 2. The summed E-state index contributed by atoms with van der Waals surface area (Å²) in [5.74, 6) is 0.871. The van der Waals surface area contributed by atoms with Crippen LogP contribution in [0, 0.1) is 0 Å². The molecule has 0 aliphatic rings. The molecule has 2 nitrogen and oxygen atoms in total. The summed E-state index contributed by atoms with van der Waals surface area (Å²) in [5, 5.41) is 1.56. The van der Waals surface area contributed by atoms with Gasteiger partial charge in [0.05, 0.1) is 17.8 Å². The number of benzene rings is 2. The fourth-order valence-corrected chi connectivity index (χ4v) is 2.97. The molecule has 0 fully saturated rings. The van der Waals surface area contributed by atoms with Gasteiger partial charge in [-0.3, -0.25) is 0 Å². The predicted molar refractivity (Wildman–Crippen MR) is 89.2 cm³/mol. The van der Waals surface area contributed by atoms with Crippen LogP contribution in [-0.2, 0) is 11.9 Å². The average Bonchev–Trinajstić information content (AvgIpc) is 2.47. The van der Waals surface area contributed by atoms with Gasteiger partial charge in [0.15, 0.2) is 0 Å². The van der Waals surface area contributed by atoms with E-state index in [1.165, 1.54) is 11.1 Å². The number of anilines is 1. The van der Waals surface area contributed by atoms with E-state index in [4.69, 9.17) is 16.3 Å². The molecule has 0 unspecified atom stereocenters. The molecule has 0 saturated heterocycles. The van der Waals surface area contributed by atoms with Gasteiger partial charge in [-0.05, 0) is 29.3 Å². The third-order valence-electron chi connectivity index (χ3n) is 3.17. The third-order valence-corrected chi connectivity index (χ3v) is 4.08. The van der Waals surface area contributed by atoms with Crippen molar-refractivity contribution in [3.63, 3.8) is 0 Å². The Morgan fingerprint density at radius 3 is 2.45 bits per heavy atom. The highest BCUT2D eigenvalue weighted by molar-refractivity contribution is 9.08. The SMILES string of the molecule is COc1ccc(CN(C)c2c(Cl)cccc2CBr)cc1. The Labute approximate surface area is 133 Å². The first-order valence-electron chi connectivity index (χ1n) is 6.33. The fraction of sp³-hybridized carbons (Fsp3) is 0.250. The van der Waals surface area contributed by atoms with Crippen LogP contribution in [0.15, 0.2) is 42.5 Å². The van der Waals surface area contributed by atoms with Gasteiger partial charge in [-0.15, -0.1) is 0 Å². The number of hydrogen-bond donors (Lipinski definition) is 0.